The molecular formula is C7H13BO2. The van der Waals surface area contributed by atoms with Crippen LogP contribution in [0.1, 0.15) is 20.6 Å². The molecule has 0 amide bonds. The number of carbonyl (C=O) groups is 2. The van der Waals surface area contributed by atoms with E-state index in [0.717, 1.165) is 12.6 Å². The van der Waals surface area contributed by atoms with E-state index >= 15 is 0 Å². The SMILES string of the molecule is [2H]C(B)CC(CC=O)CC=O. The summed E-state index contributed by atoms with van der Waals surface area (Å²) in [6.07, 6.45) is 2.90. The van der Waals surface area contributed by atoms with Gasteiger partial charge in [-0.2, -0.15) is 0 Å². The quantitative estimate of drug-likeness (QED) is 0.391. The van der Waals surface area contributed by atoms with Crippen LogP contribution in [0.15, 0.2) is 0 Å². The second-order valence-corrected chi connectivity index (χ2v) is 2.31. The minimum absolute atomic E-state index is 0.0810. The lowest BCUT2D eigenvalue weighted by Gasteiger charge is -2.06. The fraction of sp³-hybridized carbons (Fsp3) is 0.714. The third-order valence-electron chi connectivity index (χ3n) is 1.43. The van der Waals surface area contributed by atoms with Crippen molar-refractivity contribution in [1.82, 2.24) is 0 Å². The van der Waals surface area contributed by atoms with Gasteiger partial charge in [0.25, 0.3) is 0 Å². The molecule has 0 bridgehead atoms. The van der Waals surface area contributed by atoms with Gasteiger partial charge in [0.05, 0.1) is 0 Å². The summed E-state index contributed by atoms with van der Waals surface area (Å²) in [6.45, 7) is 0. The van der Waals surface area contributed by atoms with Crippen LogP contribution in [0.25, 0.3) is 0 Å². The molecule has 0 aliphatic rings. The molecule has 0 fully saturated rings. The number of carbonyl (C=O) groups excluding carboxylic acids is 2. The third kappa shape index (κ3) is 4.30. The highest BCUT2D eigenvalue weighted by atomic mass is 16.1. The minimum Gasteiger partial charge on any atom is -0.303 e. The molecular weight excluding hydrogens is 127 g/mol. The summed E-state index contributed by atoms with van der Waals surface area (Å²) in [5, 5.41) is 0. The van der Waals surface area contributed by atoms with Crippen molar-refractivity contribution in [3.8, 4) is 0 Å². The maximum atomic E-state index is 10.1. The highest BCUT2D eigenvalue weighted by Gasteiger charge is 2.04. The van der Waals surface area contributed by atoms with Crippen LogP contribution in [0, 0.1) is 5.92 Å². The Labute approximate surface area is 63.8 Å². The van der Waals surface area contributed by atoms with Crippen molar-refractivity contribution in [3.63, 3.8) is 0 Å². The van der Waals surface area contributed by atoms with Gasteiger partial charge < -0.3 is 9.59 Å². The number of aldehydes is 2. The van der Waals surface area contributed by atoms with Gasteiger partial charge in [0, 0.05) is 14.2 Å². The first-order chi connectivity index (χ1) is 5.20. The summed E-state index contributed by atoms with van der Waals surface area (Å²) in [5.74, 6) is 0.0810. The van der Waals surface area contributed by atoms with E-state index in [9.17, 15) is 9.59 Å². The summed E-state index contributed by atoms with van der Waals surface area (Å²) in [5.41, 5.74) is 0. The van der Waals surface area contributed by atoms with E-state index < -0.39 is 0 Å². The van der Waals surface area contributed by atoms with Crippen LogP contribution in [0.4, 0.5) is 0 Å². The first kappa shape index (κ1) is 7.51. The molecule has 3 heteroatoms. The summed E-state index contributed by atoms with van der Waals surface area (Å²) < 4.78 is 7.23. The number of rotatable bonds is 6. The Balaban J connectivity index is 3.67. The molecule has 0 radical (unpaired) electrons. The molecule has 0 aliphatic carbocycles. The van der Waals surface area contributed by atoms with E-state index in [4.69, 9.17) is 1.37 Å². The molecule has 0 heterocycles. The number of hydrogen-bond donors (Lipinski definition) is 0. The van der Waals surface area contributed by atoms with Crippen LogP contribution < -0.4 is 0 Å². The normalized spacial score (nSPS) is 14.3. The van der Waals surface area contributed by atoms with Gasteiger partial charge in [-0.3, -0.25) is 0 Å². The predicted octanol–water partition coefficient (Wildman–Crippen LogP) is 0.222. The van der Waals surface area contributed by atoms with Crippen LogP contribution >= 0.6 is 0 Å². The molecule has 10 heavy (non-hydrogen) atoms. The Kier molecular flexibility index (Phi) is 4.90. The van der Waals surface area contributed by atoms with Crippen molar-refractivity contribution in [2.24, 2.45) is 5.92 Å². The summed E-state index contributed by atoms with van der Waals surface area (Å²) in [7, 11) is 1.77. The molecule has 0 aromatic rings. The second-order valence-electron chi connectivity index (χ2n) is 2.31. The van der Waals surface area contributed by atoms with E-state index in [2.05, 4.69) is 0 Å². The van der Waals surface area contributed by atoms with Gasteiger partial charge in [-0.15, -0.1) is 0 Å². The fourth-order valence-electron chi connectivity index (χ4n) is 0.894. The van der Waals surface area contributed by atoms with Gasteiger partial charge in [-0.1, -0.05) is 12.7 Å². The van der Waals surface area contributed by atoms with Crippen LogP contribution in [-0.4, -0.2) is 20.4 Å². The van der Waals surface area contributed by atoms with Crippen LogP contribution in [0.5, 0.6) is 0 Å². The fourth-order valence-corrected chi connectivity index (χ4v) is 0.894. The van der Waals surface area contributed by atoms with Crippen LogP contribution in [0.2, 0.25) is 6.30 Å². The minimum atomic E-state index is -0.181. The van der Waals surface area contributed by atoms with Gasteiger partial charge in [0.2, 0.25) is 0 Å². The second kappa shape index (κ2) is 6.52. The maximum absolute atomic E-state index is 10.1. The summed E-state index contributed by atoms with van der Waals surface area (Å²) >= 11 is 0. The molecule has 0 aromatic carbocycles. The average Bonchev–Trinajstić information content (AvgIpc) is 1.87. The van der Waals surface area contributed by atoms with E-state index in [1.165, 1.54) is 0 Å². The standard InChI is InChI=1S/C7H13BO2/c8-4-1-7(2-5-9)3-6-10/h5-7H,1-4,8H2/i4D. The Bertz CT molecular complexity index is 118. The van der Waals surface area contributed by atoms with Crippen molar-refractivity contribution in [1.29, 1.82) is 0 Å². The molecule has 0 spiro atoms. The van der Waals surface area contributed by atoms with Gasteiger partial charge in [-0.25, -0.2) is 0 Å². The lowest BCUT2D eigenvalue weighted by molar-refractivity contribution is -0.110. The van der Waals surface area contributed by atoms with Crippen molar-refractivity contribution in [2.75, 3.05) is 0 Å². The molecule has 0 rings (SSSR count). The molecule has 1 unspecified atom stereocenters. The first-order valence-corrected chi connectivity index (χ1v) is 3.50. The van der Waals surface area contributed by atoms with Crippen LogP contribution in [0.3, 0.4) is 0 Å². The Morgan fingerprint density at radius 2 is 1.90 bits per heavy atom. The molecule has 0 saturated carbocycles. The summed E-state index contributed by atoms with van der Waals surface area (Å²) in [6, 6.07) is 0. The molecule has 56 valence electrons. The number of hydrogen-bond acceptors (Lipinski definition) is 2. The van der Waals surface area contributed by atoms with Crippen molar-refractivity contribution >= 4 is 20.4 Å². The molecule has 1 atom stereocenters. The smallest absolute Gasteiger partial charge is 0.120 e. The lowest BCUT2D eigenvalue weighted by Crippen LogP contribution is -2.01. The first-order valence-electron chi connectivity index (χ1n) is 4.08. The predicted molar refractivity (Wildman–Crippen MR) is 42.8 cm³/mol. The Morgan fingerprint density at radius 1 is 1.40 bits per heavy atom. The van der Waals surface area contributed by atoms with Crippen molar-refractivity contribution in [2.45, 2.75) is 25.6 Å². The zero-order valence-corrected chi connectivity index (χ0v) is 6.25. The van der Waals surface area contributed by atoms with Crippen LogP contribution in [-0.2, 0) is 9.59 Å². The molecule has 2 nitrogen and oxygen atoms in total. The third-order valence-corrected chi connectivity index (χ3v) is 1.43. The van der Waals surface area contributed by atoms with E-state index in [-0.39, 0.29) is 12.2 Å². The van der Waals surface area contributed by atoms with Crippen molar-refractivity contribution < 1.29 is 11.0 Å². The largest absolute Gasteiger partial charge is 0.303 e. The van der Waals surface area contributed by atoms with Gasteiger partial charge in [0.1, 0.15) is 20.4 Å². The topological polar surface area (TPSA) is 34.1 Å². The van der Waals surface area contributed by atoms with Crippen molar-refractivity contribution in [3.05, 3.63) is 0 Å². The Hall–Kier alpha value is -0.595. The highest BCUT2D eigenvalue weighted by molar-refractivity contribution is 6.08. The van der Waals surface area contributed by atoms with E-state index in [1.54, 1.807) is 7.85 Å². The molecule has 0 aliphatic heterocycles. The maximum Gasteiger partial charge on any atom is 0.120 e. The van der Waals surface area contributed by atoms with Gasteiger partial charge in [-0.05, 0) is 5.92 Å². The lowest BCUT2D eigenvalue weighted by atomic mass is 9.90. The molecule has 0 saturated heterocycles. The monoisotopic (exact) mass is 141 g/mol. The zero-order chi connectivity index (χ0) is 8.69. The summed E-state index contributed by atoms with van der Waals surface area (Å²) in [4.78, 5) is 20.2. The van der Waals surface area contributed by atoms with Gasteiger partial charge in [0.15, 0.2) is 0 Å². The van der Waals surface area contributed by atoms with E-state index in [0.29, 0.717) is 19.3 Å². The highest BCUT2D eigenvalue weighted by Crippen LogP contribution is 2.11. The molecule has 0 N–H and O–H groups in total. The van der Waals surface area contributed by atoms with Gasteiger partial charge >= 0.3 is 0 Å². The molecule has 0 aromatic heterocycles. The average molecular weight is 141 g/mol. The van der Waals surface area contributed by atoms with E-state index in [1.807, 2.05) is 0 Å². The Morgan fingerprint density at radius 3 is 2.20 bits per heavy atom. The zero-order valence-electron chi connectivity index (χ0n) is 7.25.